The van der Waals surface area contributed by atoms with Crippen LogP contribution >= 0.6 is 11.3 Å². The summed E-state index contributed by atoms with van der Waals surface area (Å²) in [4.78, 5) is 27.7. The van der Waals surface area contributed by atoms with Gasteiger partial charge in [0.15, 0.2) is 0 Å². The fraction of sp³-hybridized carbons (Fsp3) is 0.0714. The van der Waals surface area contributed by atoms with Crippen molar-refractivity contribution in [2.75, 3.05) is 5.32 Å². The van der Waals surface area contributed by atoms with E-state index in [4.69, 9.17) is 0 Å². The Labute approximate surface area is 123 Å². The number of amides is 1. The number of rotatable bonds is 3. The van der Waals surface area contributed by atoms with Gasteiger partial charge in [-0.15, -0.1) is 11.3 Å². The minimum absolute atomic E-state index is 0.0671. The summed E-state index contributed by atoms with van der Waals surface area (Å²) >= 11 is 1.38. The van der Waals surface area contributed by atoms with Gasteiger partial charge in [-0.2, -0.15) is 0 Å². The van der Waals surface area contributed by atoms with Crippen LogP contribution in [0.15, 0.2) is 35.7 Å². The number of aryl methyl sites for hydroxylation is 1. The number of ketones is 1. The molecule has 2 aromatic heterocycles. The average molecular weight is 300 g/mol. The number of thiophene rings is 1. The predicted molar refractivity (Wildman–Crippen MR) is 77.5 cm³/mol. The summed E-state index contributed by atoms with van der Waals surface area (Å²) in [6.45, 7) is 0. The molecule has 0 radical (unpaired) electrons. The number of imidazole rings is 1. The number of carbonyl (C=O) groups is 2. The number of fused-ring (bicyclic) bond motifs is 1. The van der Waals surface area contributed by atoms with Crippen molar-refractivity contribution in [1.82, 2.24) is 9.55 Å². The van der Waals surface area contributed by atoms with E-state index in [0.29, 0.717) is 21.5 Å². The number of benzene rings is 1. The molecule has 0 atom stereocenters. The molecule has 0 bridgehead atoms. The van der Waals surface area contributed by atoms with Gasteiger partial charge in [-0.1, -0.05) is 6.07 Å². The van der Waals surface area contributed by atoms with Crippen molar-refractivity contribution < 1.29 is 14.7 Å². The van der Waals surface area contributed by atoms with Gasteiger partial charge in [-0.25, -0.2) is 4.98 Å². The molecule has 0 aliphatic rings. The first-order valence-electron chi connectivity index (χ1n) is 6.09. The summed E-state index contributed by atoms with van der Waals surface area (Å²) in [6.07, 6.45) is -1.43. The summed E-state index contributed by atoms with van der Waals surface area (Å²) < 4.78 is 1.57. The molecule has 0 saturated carbocycles. The zero-order valence-electron chi connectivity index (χ0n) is 11.0. The Morgan fingerprint density at radius 2 is 2.14 bits per heavy atom. The number of hydrogen-bond acceptors (Lipinski definition) is 5. The Hall–Kier alpha value is -2.67. The van der Waals surface area contributed by atoms with Gasteiger partial charge in [0.2, 0.25) is 11.7 Å². The van der Waals surface area contributed by atoms with Crippen molar-refractivity contribution in [3.8, 4) is 0 Å². The lowest BCUT2D eigenvalue weighted by Crippen LogP contribution is -2.30. The first-order chi connectivity index (χ1) is 10.1. The zero-order valence-corrected chi connectivity index (χ0v) is 11.8. The third kappa shape index (κ3) is 2.38. The monoisotopic (exact) mass is 300 g/mol. The molecule has 0 saturated heterocycles. The highest BCUT2D eigenvalue weighted by molar-refractivity contribution is 7.12. The maximum atomic E-state index is 12.3. The average Bonchev–Trinajstić information content (AvgIpc) is 3.07. The molecule has 106 valence electrons. The van der Waals surface area contributed by atoms with E-state index in [0.717, 1.165) is 0 Å². The fourth-order valence-electron chi connectivity index (χ4n) is 2.08. The molecule has 3 rings (SSSR count). The predicted octanol–water partition coefficient (Wildman–Crippen LogP) is 1.62. The second-order valence-corrected chi connectivity index (χ2v) is 5.36. The van der Waals surface area contributed by atoms with Crippen LogP contribution in [0.5, 0.6) is 0 Å². The van der Waals surface area contributed by atoms with Crippen LogP contribution in [0.3, 0.4) is 0 Å². The van der Waals surface area contributed by atoms with Gasteiger partial charge < -0.3 is 19.8 Å². The third-order valence-electron chi connectivity index (χ3n) is 3.10. The summed E-state index contributed by atoms with van der Waals surface area (Å²) in [7, 11) is 1.67. The van der Waals surface area contributed by atoms with Gasteiger partial charge in [-0.05, 0) is 29.6 Å². The summed E-state index contributed by atoms with van der Waals surface area (Å²) in [5.74, 6) is 0.0910. The number of carbonyl (C=O) groups excluding carboxylic acids is 2. The van der Waals surface area contributed by atoms with E-state index in [-0.39, 0.29) is 11.7 Å². The van der Waals surface area contributed by atoms with E-state index in [9.17, 15) is 14.7 Å². The van der Waals surface area contributed by atoms with Gasteiger partial charge >= 0.3 is 0 Å². The normalized spacial score (nSPS) is 10.7. The van der Waals surface area contributed by atoms with Gasteiger partial charge in [0.25, 0.3) is 0 Å². The Kier molecular flexibility index (Phi) is 3.19. The maximum Gasteiger partial charge on any atom is 0.209 e. The number of carboxylic acid groups (broad SMARTS) is 1. The van der Waals surface area contributed by atoms with Crippen LogP contribution < -0.4 is 10.4 Å². The molecule has 0 aliphatic heterocycles. The fourth-order valence-corrected chi connectivity index (χ4v) is 2.77. The lowest BCUT2D eigenvalue weighted by Gasteiger charge is -2.05. The van der Waals surface area contributed by atoms with Crippen LogP contribution in [-0.2, 0) is 7.05 Å². The molecule has 1 N–H and O–H groups in total. The number of hydrogen-bond donors (Lipinski definition) is 1. The largest absolute Gasteiger partial charge is 0.530 e. The van der Waals surface area contributed by atoms with E-state index in [1.54, 1.807) is 35.9 Å². The number of aromatic nitrogens is 2. The van der Waals surface area contributed by atoms with E-state index >= 15 is 0 Å². The first kappa shape index (κ1) is 13.3. The molecule has 0 aliphatic carbocycles. The number of nitrogens with one attached hydrogen (secondary N) is 1. The molecule has 0 fully saturated rings. The Bertz CT molecular complexity index is 837. The highest BCUT2D eigenvalue weighted by Gasteiger charge is 2.13. The molecular formula is C14H10N3O3S-. The highest BCUT2D eigenvalue weighted by atomic mass is 32.1. The number of anilines is 1. The highest BCUT2D eigenvalue weighted by Crippen LogP contribution is 2.22. The van der Waals surface area contributed by atoms with Crippen LogP contribution in [0.2, 0.25) is 0 Å². The number of nitrogens with zero attached hydrogens (tertiary/aromatic N) is 2. The van der Waals surface area contributed by atoms with Crippen molar-refractivity contribution in [1.29, 1.82) is 0 Å². The van der Waals surface area contributed by atoms with Gasteiger partial charge in [0.05, 0.1) is 15.9 Å². The molecule has 21 heavy (non-hydrogen) atoms. The second-order valence-electron chi connectivity index (χ2n) is 4.42. The summed E-state index contributed by atoms with van der Waals surface area (Å²) in [6, 6.07) is 8.66. The quantitative estimate of drug-likeness (QED) is 0.745. The third-order valence-corrected chi connectivity index (χ3v) is 3.97. The van der Waals surface area contributed by atoms with Gasteiger partial charge in [0, 0.05) is 12.6 Å². The van der Waals surface area contributed by atoms with E-state index in [2.05, 4.69) is 10.3 Å². The first-order valence-corrected chi connectivity index (χ1v) is 6.97. The minimum Gasteiger partial charge on any atom is -0.530 e. The van der Waals surface area contributed by atoms with E-state index in [1.807, 2.05) is 11.4 Å². The second kappa shape index (κ2) is 5.02. The molecule has 0 unspecified atom stereocenters. The summed E-state index contributed by atoms with van der Waals surface area (Å²) in [5, 5.41) is 14.6. The molecular weight excluding hydrogens is 290 g/mol. The molecule has 1 aromatic carbocycles. The van der Waals surface area contributed by atoms with Gasteiger partial charge in [0.1, 0.15) is 6.09 Å². The molecule has 7 heteroatoms. The van der Waals surface area contributed by atoms with Crippen molar-refractivity contribution >= 4 is 40.2 Å². The zero-order chi connectivity index (χ0) is 15.0. The van der Waals surface area contributed by atoms with Gasteiger partial charge in [-0.3, -0.25) is 4.79 Å². The lowest BCUT2D eigenvalue weighted by atomic mass is 10.1. The molecule has 2 heterocycles. The standard InChI is InChI=1S/C14H11N3O3S/c1-17-10-7-8(12(18)11-3-2-6-21-11)4-5-9(10)15-13(17)16-14(19)20/h2-7H,1H3,(H,15,16)(H,19,20)/p-1. The van der Waals surface area contributed by atoms with Crippen LogP contribution in [0, 0.1) is 0 Å². The van der Waals surface area contributed by atoms with Crippen molar-refractivity contribution in [3.05, 3.63) is 46.2 Å². The Balaban J connectivity index is 2.06. The van der Waals surface area contributed by atoms with E-state index in [1.165, 1.54) is 11.3 Å². The van der Waals surface area contributed by atoms with Crippen LogP contribution in [0.4, 0.5) is 10.7 Å². The lowest BCUT2D eigenvalue weighted by molar-refractivity contribution is -0.242. The van der Waals surface area contributed by atoms with Crippen molar-refractivity contribution in [3.63, 3.8) is 0 Å². The molecule has 6 nitrogen and oxygen atoms in total. The maximum absolute atomic E-state index is 12.3. The smallest absolute Gasteiger partial charge is 0.209 e. The van der Waals surface area contributed by atoms with Crippen LogP contribution in [0.25, 0.3) is 11.0 Å². The van der Waals surface area contributed by atoms with Crippen LogP contribution in [-0.4, -0.2) is 21.4 Å². The topological polar surface area (TPSA) is 87.1 Å². The van der Waals surface area contributed by atoms with Crippen molar-refractivity contribution in [2.45, 2.75) is 0 Å². The minimum atomic E-state index is -1.43. The van der Waals surface area contributed by atoms with Crippen LogP contribution in [0.1, 0.15) is 15.2 Å². The summed E-state index contributed by atoms with van der Waals surface area (Å²) in [5.41, 5.74) is 1.80. The van der Waals surface area contributed by atoms with E-state index < -0.39 is 6.09 Å². The SMILES string of the molecule is Cn1c(NC(=O)[O-])nc2ccc(C(=O)c3cccs3)cc21. The Morgan fingerprint density at radius 1 is 1.33 bits per heavy atom. The van der Waals surface area contributed by atoms with Crippen molar-refractivity contribution in [2.24, 2.45) is 7.05 Å². The molecule has 0 spiro atoms. The molecule has 1 amide bonds. The molecule has 3 aromatic rings. The Morgan fingerprint density at radius 3 is 2.81 bits per heavy atom.